The number of allylic oxidation sites excluding steroid dienone is 8. The number of unbranched alkanes of at least 4 members (excludes halogenated alkanes) is 2. The molecule has 164 valence electrons. The molecule has 0 bridgehead atoms. The van der Waals surface area contributed by atoms with Gasteiger partial charge < -0.3 is 24.8 Å². The first-order valence-corrected chi connectivity index (χ1v) is 8.86. The number of halogens is 8. The molecule has 0 heterocycles. The molecular formula is C20H24Cl2F6Zr. The fourth-order valence-electron chi connectivity index (χ4n) is 2.52. The van der Waals surface area contributed by atoms with Crippen molar-refractivity contribution in [1.29, 1.82) is 0 Å². The van der Waals surface area contributed by atoms with E-state index >= 15 is 0 Å². The van der Waals surface area contributed by atoms with Gasteiger partial charge in [0.05, 0.1) is 0 Å². The Morgan fingerprint density at radius 2 is 1.03 bits per heavy atom. The van der Waals surface area contributed by atoms with E-state index in [1.807, 2.05) is 13.8 Å². The second kappa shape index (κ2) is 15.8. The van der Waals surface area contributed by atoms with Crippen LogP contribution in [-0.2, 0) is 26.2 Å². The van der Waals surface area contributed by atoms with E-state index in [-0.39, 0.29) is 51.0 Å². The Morgan fingerprint density at radius 3 is 1.24 bits per heavy atom. The summed E-state index contributed by atoms with van der Waals surface area (Å²) in [4.78, 5) is 0. The predicted octanol–water partition coefficient (Wildman–Crippen LogP) is 1.60. The third-order valence-electron chi connectivity index (χ3n) is 4.00. The van der Waals surface area contributed by atoms with Gasteiger partial charge in [-0.2, -0.15) is 37.5 Å². The van der Waals surface area contributed by atoms with Crippen LogP contribution in [-0.4, -0.2) is 12.4 Å². The molecule has 0 saturated heterocycles. The van der Waals surface area contributed by atoms with Crippen LogP contribution in [0.25, 0.3) is 0 Å². The van der Waals surface area contributed by atoms with E-state index < -0.39 is 23.5 Å². The molecule has 0 saturated carbocycles. The van der Waals surface area contributed by atoms with Crippen molar-refractivity contribution < 1.29 is 77.4 Å². The molecule has 29 heavy (non-hydrogen) atoms. The molecule has 0 atom stereocenters. The first kappa shape index (κ1) is 33.6. The van der Waals surface area contributed by atoms with Crippen LogP contribution in [0.1, 0.15) is 65.2 Å². The molecule has 2 aliphatic carbocycles. The van der Waals surface area contributed by atoms with Gasteiger partial charge in [0.15, 0.2) is 0 Å². The molecule has 0 amide bonds. The van der Waals surface area contributed by atoms with Crippen molar-refractivity contribution in [3.8, 4) is 0 Å². The van der Waals surface area contributed by atoms with Crippen molar-refractivity contribution in [2.45, 2.75) is 77.6 Å². The molecule has 0 aromatic rings. The van der Waals surface area contributed by atoms with Gasteiger partial charge in [-0.1, -0.05) is 65.2 Å². The summed E-state index contributed by atoms with van der Waals surface area (Å²) in [5, 5.41) is 0. The van der Waals surface area contributed by atoms with E-state index in [9.17, 15) is 26.3 Å². The maximum atomic E-state index is 12.1. The minimum Gasteiger partial charge on any atom is -1.00 e. The molecule has 9 heteroatoms. The molecule has 0 unspecified atom stereocenters. The van der Waals surface area contributed by atoms with Crippen LogP contribution in [0.15, 0.2) is 34.4 Å². The molecule has 0 aliphatic heterocycles. The molecule has 0 spiro atoms. The normalized spacial score (nSPS) is 15.4. The second-order valence-corrected chi connectivity index (χ2v) is 6.30. The van der Waals surface area contributed by atoms with E-state index in [0.29, 0.717) is 12.8 Å². The fraction of sp³-hybridized carbons (Fsp3) is 0.600. The van der Waals surface area contributed by atoms with Crippen LogP contribution in [0.5, 0.6) is 0 Å². The van der Waals surface area contributed by atoms with Gasteiger partial charge in [0.1, 0.15) is 0 Å². The minimum atomic E-state index is -4.21. The zero-order chi connectivity index (χ0) is 19.8. The first-order valence-electron chi connectivity index (χ1n) is 8.86. The zero-order valence-corrected chi connectivity index (χ0v) is 20.3. The van der Waals surface area contributed by atoms with Gasteiger partial charge in [-0.15, -0.1) is 11.1 Å². The Morgan fingerprint density at radius 1 is 0.724 bits per heavy atom. The summed E-state index contributed by atoms with van der Waals surface area (Å²) in [6.45, 7) is 4.04. The van der Waals surface area contributed by atoms with Gasteiger partial charge in [-0.05, 0) is 0 Å². The summed E-state index contributed by atoms with van der Waals surface area (Å²) in [5.41, 5.74) is 0.376. The average molecular weight is 541 g/mol. The van der Waals surface area contributed by atoms with E-state index in [2.05, 4.69) is 12.2 Å². The number of hydrogen-bond acceptors (Lipinski definition) is 0. The van der Waals surface area contributed by atoms with Crippen LogP contribution >= 0.6 is 0 Å². The molecule has 2 aliphatic rings. The van der Waals surface area contributed by atoms with Crippen molar-refractivity contribution >= 4 is 0 Å². The third-order valence-corrected chi connectivity index (χ3v) is 4.00. The largest absolute Gasteiger partial charge is 4.00 e. The number of alkyl halides is 6. The fourth-order valence-corrected chi connectivity index (χ4v) is 2.52. The first-order chi connectivity index (χ1) is 12.1. The van der Waals surface area contributed by atoms with Crippen LogP contribution in [0.2, 0.25) is 0 Å². The van der Waals surface area contributed by atoms with Crippen LogP contribution < -0.4 is 24.8 Å². The average Bonchev–Trinajstić information content (AvgIpc) is 3.20. The smallest absolute Gasteiger partial charge is 1.00 e. The molecule has 0 fully saturated rings. The van der Waals surface area contributed by atoms with E-state index in [1.54, 1.807) is 0 Å². The van der Waals surface area contributed by atoms with Gasteiger partial charge in [-0.25, -0.2) is 24.3 Å². The molecule has 0 aromatic carbocycles. The van der Waals surface area contributed by atoms with Crippen molar-refractivity contribution in [1.82, 2.24) is 0 Å². The Kier molecular flexibility index (Phi) is 18.3. The quantitative estimate of drug-likeness (QED) is 0.355. The summed E-state index contributed by atoms with van der Waals surface area (Å²) in [6, 6.07) is 0. The topological polar surface area (TPSA) is 0 Å². The standard InChI is InChI=1S/2C10H12F3.2ClH.Zr/c2*1-2-3-4-8-5-6-9(7-8)10(11,12)13;;;/h2*6H,2-5H2,1H3;2*1H;/q2*-1;;;+4/p-2. The van der Waals surface area contributed by atoms with Gasteiger partial charge in [0.2, 0.25) is 0 Å². The Balaban J connectivity index is -0.000000422. The van der Waals surface area contributed by atoms with Crippen molar-refractivity contribution in [2.75, 3.05) is 0 Å². The zero-order valence-electron chi connectivity index (χ0n) is 16.3. The minimum absolute atomic E-state index is 0. The summed E-state index contributed by atoms with van der Waals surface area (Å²) in [5.74, 6) is 0. The van der Waals surface area contributed by atoms with Gasteiger partial charge in [0, 0.05) is 0 Å². The Hall–Kier alpha value is 0.00312. The summed E-state index contributed by atoms with van der Waals surface area (Å²) >= 11 is 0. The van der Waals surface area contributed by atoms with Crippen molar-refractivity contribution in [3.05, 3.63) is 46.6 Å². The van der Waals surface area contributed by atoms with E-state index in [1.165, 1.54) is 12.2 Å². The van der Waals surface area contributed by atoms with E-state index in [4.69, 9.17) is 0 Å². The molecule has 0 aromatic heterocycles. The Bertz CT molecular complexity index is 535. The molecule has 0 radical (unpaired) electrons. The molecule has 2 rings (SSSR count). The van der Waals surface area contributed by atoms with Crippen molar-refractivity contribution in [3.63, 3.8) is 0 Å². The number of hydrogen-bond donors (Lipinski definition) is 0. The monoisotopic (exact) mass is 538 g/mol. The Labute approximate surface area is 200 Å². The summed E-state index contributed by atoms with van der Waals surface area (Å²) in [7, 11) is 0. The number of rotatable bonds is 6. The van der Waals surface area contributed by atoms with Crippen LogP contribution in [0.4, 0.5) is 26.3 Å². The summed E-state index contributed by atoms with van der Waals surface area (Å²) in [6.07, 6.45) is 5.08. The molecule has 0 N–H and O–H groups in total. The molecule has 0 nitrogen and oxygen atoms in total. The third kappa shape index (κ3) is 13.1. The van der Waals surface area contributed by atoms with Gasteiger partial charge in [-0.3, -0.25) is 0 Å². The van der Waals surface area contributed by atoms with Gasteiger partial charge in [0.25, 0.3) is 0 Å². The maximum absolute atomic E-state index is 12.1. The predicted molar refractivity (Wildman–Crippen MR) is 90.1 cm³/mol. The summed E-state index contributed by atoms with van der Waals surface area (Å²) < 4.78 is 72.7. The van der Waals surface area contributed by atoms with Crippen molar-refractivity contribution in [2.24, 2.45) is 0 Å². The molecular weight excluding hydrogens is 516 g/mol. The van der Waals surface area contributed by atoms with Crippen LogP contribution in [0, 0.1) is 12.2 Å². The van der Waals surface area contributed by atoms with Crippen LogP contribution in [0.3, 0.4) is 0 Å². The maximum Gasteiger partial charge on any atom is 4.00 e. The second-order valence-electron chi connectivity index (χ2n) is 6.30. The van der Waals surface area contributed by atoms with E-state index in [0.717, 1.165) is 49.7 Å². The van der Waals surface area contributed by atoms with Gasteiger partial charge >= 0.3 is 38.6 Å². The SMILES string of the molecule is CCCCC1=[C-]C(C(F)(F)F)=CC1.CCCCC1=[C-]C(C(F)(F)F)=CC1.[Cl-].[Cl-].[Zr+4].